The Hall–Kier alpha value is -3.02. The van der Waals surface area contributed by atoms with Gasteiger partial charge < -0.3 is 9.55 Å². The van der Waals surface area contributed by atoms with Gasteiger partial charge in [-0.2, -0.15) is 0 Å². The molecule has 0 atom stereocenters. The molecule has 0 unspecified atom stereocenters. The van der Waals surface area contributed by atoms with Crippen molar-refractivity contribution in [2.75, 3.05) is 0 Å². The number of aromatic nitrogens is 4. The number of hydrogen-bond acceptors (Lipinski definition) is 2. The van der Waals surface area contributed by atoms with E-state index in [1.165, 1.54) is 24.4 Å². The lowest BCUT2D eigenvalue weighted by Crippen LogP contribution is -2.03. The van der Waals surface area contributed by atoms with E-state index in [0.717, 1.165) is 16.6 Å². The summed E-state index contributed by atoms with van der Waals surface area (Å²) < 4.78 is 29.7. The minimum atomic E-state index is -0.624. The lowest BCUT2D eigenvalue weighted by molar-refractivity contribution is 0.585. The lowest BCUT2D eigenvalue weighted by atomic mass is 10.1. The van der Waals surface area contributed by atoms with Crippen molar-refractivity contribution in [3.05, 3.63) is 72.3 Å². The Morgan fingerprint density at radius 2 is 1.87 bits per heavy atom. The topological polar surface area (TPSA) is 46.5 Å². The molecule has 2 aromatic carbocycles. The summed E-state index contributed by atoms with van der Waals surface area (Å²) in [6.07, 6.45) is 4.88. The summed E-state index contributed by atoms with van der Waals surface area (Å²) in [6, 6.07) is 9.60. The van der Waals surface area contributed by atoms with Crippen LogP contribution in [0.15, 0.2) is 55.1 Å². The van der Waals surface area contributed by atoms with Gasteiger partial charge in [0.2, 0.25) is 0 Å². The molecule has 1 N–H and O–H groups in total. The smallest absolute Gasteiger partial charge is 0.146 e. The SMILES string of the molecule is Fc1cccc(F)c1-c1nccn1Cc1ccc2nc[nH]c2c1. The van der Waals surface area contributed by atoms with Gasteiger partial charge in [0.05, 0.1) is 22.9 Å². The first kappa shape index (κ1) is 13.6. The molecular weight excluding hydrogens is 298 g/mol. The Morgan fingerprint density at radius 3 is 2.70 bits per heavy atom. The molecule has 0 saturated carbocycles. The quantitative estimate of drug-likeness (QED) is 0.626. The third-order valence-corrected chi connectivity index (χ3v) is 3.74. The standard InChI is InChI=1S/C17H12F2N4/c18-12-2-1-3-13(19)16(12)17-20-6-7-23(17)9-11-4-5-14-15(8-11)22-10-21-14/h1-8,10H,9H2,(H,21,22). The third-order valence-electron chi connectivity index (χ3n) is 3.74. The lowest BCUT2D eigenvalue weighted by Gasteiger charge is -2.09. The van der Waals surface area contributed by atoms with Crippen LogP contribution in [0.4, 0.5) is 8.78 Å². The number of rotatable bonds is 3. The van der Waals surface area contributed by atoms with Crippen molar-refractivity contribution >= 4 is 11.0 Å². The van der Waals surface area contributed by atoms with E-state index >= 15 is 0 Å². The molecule has 114 valence electrons. The van der Waals surface area contributed by atoms with Crippen molar-refractivity contribution in [3.8, 4) is 11.4 Å². The number of halogens is 2. The normalized spacial score (nSPS) is 11.2. The maximum absolute atomic E-state index is 14.0. The van der Waals surface area contributed by atoms with Crippen LogP contribution in [-0.4, -0.2) is 19.5 Å². The molecule has 4 aromatic rings. The second kappa shape index (κ2) is 5.31. The van der Waals surface area contributed by atoms with Crippen molar-refractivity contribution in [3.63, 3.8) is 0 Å². The zero-order valence-corrected chi connectivity index (χ0v) is 12.0. The fourth-order valence-electron chi connectivity index (χ4n) is 2.65. The van der Waals surface area contributed by atoms with E-state index in [2.05, 4.69) is 15.0 Å². The second-order valence-electron chi connectivity index (χ2n) is 5.23. The summed E-state index contributed by atoms with van der Waals surface area (Å²) in [4.78, 5) is 11.3. The molecule has 0 saturated heterocycles. The number of nitrogens with one attached hydrogen (secondary N) is 1. The number of aromatic amines is 1. The van der Waals surface area contributed by atoms with Crippen LogP contribution in [-0.2, 0) is 6.54 Å². The van der Waals surface area contributed by atoms with Crippen LogP contribution in [0.1, 0.15) is 5.56 Å². The van der Waals surface area contributed by atoms with Crippen molar-refractivity contribution in [2.45, 2.75) is 6.54 Å². The average molecular weight is 310 g/mol. The Bertz CT molecular complexity index is 967. The number of H-pyrrole nitrogens is 1. The first-order valence-corrected chi connectivity index (χ1v) is 7.10. The van der Waals surface area contributed by atoms with Crippen molar-refractivity contribution in [1.82, 2.24) is 19.5 Å². The molecule has 4 nitrogen and oxygen atoms in total. The highest BCUT2D eigenvalue weighted by molar-refractivity contribution is 5.75. The molecule has 0 bridgehead atoms. The fourth-order valence-corrected chi connectivity index (χ4v) is 2.65. The Balaban J connectivity index is 1.75. The van der Waals surface area contributed by atoms with E-state index in [-0.39, 0.29) is 11.4 Å². The highest BCUT2D eigenvalue weighted by Crippen LogP contribution is 2.25. The van der Waals surface area contributed by atoms with E-state index in [4.69, 9.17) is 0 Å². The van der Waals surface area contributed by atoms with Gasteiger partial charge in [0.25, 0.3) is 0 Å². The molecule has 0 aliphatic heterocycles. The van der Waals surface area contributed by atoms with Crippen LogP contribution >= 0.6 is 0 Å². The largest absolute Gasteiger partial charge is 0.345 e. The molecule has 0 spiro atoms. The maximum atomic E-state index is 14.0. The highest BCUT2D eigenvalue weighted by atomic mass is 19.1. The average Bonchev–Trinajstić information content (AvgIpc) is 3.16. The number of imidazole rings is 2. The van der Waals surface area contributed by atoms with Gasteiger partial charge in [0, 0.05) is 18.9 Å². The van der Waals surface area contributed by atoms with Crippen LogP contribution < -0.4 is 0 Å². The number of hydrogen-bond donors (Lipinski definition) is 1. The Kier molecular flexibility index (Phi) is 3.15. The molecule has 0 fully saturated rings. The predicted octanol–water partition coefficient (Wildman–Crippen LogP) is 3.75. The van der Waals surface area contributed by atoms with Gasteiger partial charge in [-0.25, -0.2) is 18.7 Å². The van der Waals surface area contributed by atoms with Gasteiger partial charge in [0.15, 0.2) is 0 Å². The predicted molar refractivity (Wildman–Crippen MR) is 82.8 cm³/mol. The van der Waals surface area contributed by atoms with Gasteiger partial charge >= 0.3 is 0 Å². The third kappa shape index (κ3) is 2.38. The minimum Gasteiger partial charge on any atom is -0.345 e. The molecular formula is C17H12F2N4. The molecule has 2 heterocycles. The van der Waals surface area contributed by atoms with Gasteiger partial charge in [-0.15, -0.1) is 0 Å². The second-order valence-corrected chi connectivity index (χ2v) is 5.23. The fraction of sp³-hybridized carbons (Fsp3) is 0.0588. The molecule has 2 aromatic heterocycles. The van der Waals surface area contributed by atoms with Crippen LogP contribution in [0, 0.1) is 11.6 Å². The van der Waals surface area contributed by atoms with E-state index < -0.39 is 11.6 Å². The highest BCUT2D eigenvalue weighted by Gasteiger charge is 2.16. The maximum Gasteiger partial charge on any atom is 0.146 e. The van der Waals surface area contributed by atoms with E-state index in [9.17, 15) is 8.78 Å². The van der Waals surface area contributed by atoms with Crippen LogP contribution in [0.25, 0.3) is 22.4 Å². The van der Waals surface area contributed by atoms with Crippen molar-refractivity contribution in [2.24, 2.45) is 0 Å². The van der Waals surface area contributed by atoms with Crippen molar-refractivity contribution < 1.29 is 8.78 Å². The molecule has 23 heavy (non-hydrogen) atoms. The molecule has 4 rings (SSSR count). The summed E-state index contributed by atoms with van der Waals surface area (Å²) in [5.41, 5.74) is 2.67. The molecule has 6 heteroatoms. The monoisotopic (exact) mass is 310 g/mol. The van der Waals surface area contributed by atoms with E-state index in [1.807, 2.05) is 18.2 Å². The van der Waals surface area contributed by atoms with E-state index in [1.54, 1.807) is 17.1 Å². The number of benzene rings is 2. The zero-order chi connectivity index (χ0) is 15.8. The summed E-state index contributed by atoms with van der Waals surface area (Å²) in [5, 5.41) is 0. The van der Waals surface area contributed by atoms with Gasteiger partial charge in [-0.1, -0.05) is 12.1 Å². The first-order valence-electron chi connectivity index (χ1n) is 7.10. The molecule has 0 aliphatic rings. The number of nitrogens with zero attached hydrogens (tertiary/aromatic N) is 3. The molecule has 0 aliphatic carbocycles. The van der Waals surface area contributed by atoms with Gasteiger partial charge in [0.1, 0.15) is 17.5 Å². The van der Waals surface area contributed by atoms with Gasteiger partial charge in [-0.05, 0) is 29.8 Å². The Morgan fingerprint density at radius 1 is 1.04 bits per heavy atom. The zero-order valence-electron chi connectivity index (χ0n) is 12.0. The summed E-state index contributed by atoms with van der Waals surface area (Å²) in [6.45, 7) is 0.456. The number of fused-ring (bicyclic) bond motifs is 1. The van der Waals surface area contributed by atoms with Crippen molar-refractivity contribution in [1.29, 1.82) is 0 Å². The van der Waals surface area contributed by atoms with Crippen LogP contribution in [0.2, 0.25) is 0 Å². The Labute approximate surface area is 130 Å². The molecule has 0 radical (unpaired) electrons. The molecule has 0 amide bonds. The van der Waals surface area contributed by atoms with Crippen LogP contribution in [0.3, 0.4) is 0 Å². The van der Waals surface area contributed by atoms with Crippen LogP contribution in [0.5, 0.6) is 0 Å². The summed E-state index contributed by atoms with van der Waals surface area (Å²) in [7, 11) is 0. The van der Waals surface area contributed by atoms with E-state index in [0.29, 0.717) is 6.54 Å². The first-order chi connectivity index (χ1) is 11.2. The summed E-state index contributed by atoms with van der Waals surface area (Å²) >= 11 is 0. The van der Waals surface area contributed by atoms with Gasteiger partial charge in [-0.3, -0.25) is 0 Å². The minimum absolute atomic E-state index is 0.111. The summed E-state index contributed by atoms with van der Waals surface area (Å²) in [5.74, 6) is -0.978.